The van der Waals surface area contributed by atoms with Crippen LogP contribution < -0.4 is 5.32 Å². The van der Waals surface area contributed by atoms with Gasteiger partial charge in [0.1, 0.15) is 0 Å². The van der Waals surface area contributed by atoms with E-state index in [9.17, 15) is 4.79 Å². The Kier molecular flexibility index (Phi) is 5.54. The molecule has 1 atom stereocenters. The Balaban J connectivity index is 1.84. The molecule has 5 heteroatoms. The monoisotopic (exact) mass is 295 g/mol. The second kappa shape index (κ2) is 7.18. The molecule has 1 saturated heterocycles. The fourth-order valence-electron chi connectivity index (χ4n) is 2.30. The number of likely N-dealkylation sites (tertiary alicyclic amines) is 1. The summed E-state index contributed by atoms with van der Waals surface area (Å²) in [6.07, 6.45) is 3.42. The van der Waals surface area contributed by atoms with Gasteiger partial charge < -0.3 is 5.32 Å². The molecule has 1 aliphatic rings. The third kappa shape index (κ3) is 4.28. The molecule has 2 rings (SSSR count). The lowest BCUT2D eigenvalue weighted by atomic mass is 9.99. The molecule has 1 unspecified atom stereocenters. The highest BCUT2D eigenvalue weighted by Gasteiger charge is 2.17. The predicted octanol–water partition coefficient (Wildman–Crippen LogP) is 3.36. The smallest absolute Gasteiger partial charge is 0.228 e. The minimum atomic E-state index is 0.0472. The van der Waals surface area contributed by atoms with Gasteiger partial charge >= 0.3 is 0 Å². The van der Waals surface area contributed by atoms with Crippen molar-refractivity contribution in [2.24, 2.45) is 11.8 Å². The van der Waals surface area contributed by atoms with Gasteiger partial charge in [0.15, 0.2) is 5.13 Å². The molecule has 1 amide bonds. The summed E-state index contributed by atoms with van der Waals surface area (Å²) in [5, 5.41) is 5.70. The van der Waals surface area contributed by atoms with Crippen LogP contribution >= 0.6 is 11.3 Å². The molecule has 0 spiro atoms. The summed E-state index contributed by atoms with van der Waals surface area (Å²) in [7, 11) is 0. The van der Waals surface area contributed by atoms with Gasteiger partial charge in [-0.3, -0.25) is 9.69 Å². The lowest BCUT2D eigenvalue weighted by Gasteiger charge is -2.29. The maximum absolute atomic E-state index is 11.8. The van der Waals surface area contributed by atoms with Crippen LogP contribution in [0.1, 0.15) is 45.7 Å². The van der Waals surface area contributed by atoms with E-state index in [1.807, 2.05) is 13.8 Å². The average molecular weight is 295 g/mol. The Morgan fingerprint density at radius 3 is 2.90 bits per heavy atom. The van der Waals surface area contributed by atoms with Crippen LogP contribution in [0.3, 0.4) is 0 Å². The normalized spacial score (nSPS) is 18.9. The van der Waals surface area contributed by atoms with Gasteiger partial charge in [-0.25, -0.2) is 4.98 Å². The summed E-state index contributed by atoms with van der Waals surface area (Å²) in [4.78, 5) is 18.8. The van der Waals surface area contributed by atoms with Crippen LogP contribution in [-0.2, 0) is 11.3 Å². The zero-order valence-corrected chi connectivity index (χ0v) is 13.5. The Morgan fingerprint density at radius 1 is 1.55 bits per heavy atom. The van der Waals surface area contributed by atoms with Crippen molar-refractivity contribution in [1.82, 2.24) is 9.88 Å². The van der Waals surface area contributed by atoms with Crippen molar-refractivity contribution in [2.75, 3.05) is 18.4 Å². The van der Waals surface area contributed by atoms with Gasteiger partial charge in [0.05, 0.1) is 5.69 Å². The molecular weight excluding hydrogens is 270 g/mol. The minimum Gasteiger partial charge on any atom is -0.302 e. The van der Waals surface area contributed by atoms with Crippen molar-refractivity contribution in [1.29, 1.82) is 0 Å². The molecule has 1 fully saturated rings. The standard InChI is InChI=1S/C15H25N3OS/c1-4-12(3)14(19)17-15-16-13(10-20-15)9-18-7-5-11(2)6-8-18/h10-12H,4-9H2,1-3H3,(H,16,17,19). The van der Waals surface area contributed by atoms with Crippen molar-refractivity contribution in [3.05, 3.63) is 11.1 Å². The molecule has 0 aromatic carbocycles. The first-order chi connectivity index (χ1) is 9.58. The minimum absolute atomic E-state index is 0.0472. The molecule has 112 valence electrons. The van der Waals surface area contributed by atoms with Crippen molar-refractivity contribution in [2.45, 2.75) is 46.6 Å². The number of rotatable bonds is 5. The molecule has 20 heavy (non-hydrogen) atoms. The third-order valence-electron chi connectivity index (χ3n) is 4.10. The largest absolute Gasteiger partial charge is 0.302 e. The van der Waals surface area contributed by atoms with Crippen LogP contribution in [0.25, 0.3) is 0 Å². The van der Waals surface area contributed by atoms with E-state index < -0.39 is 0 Å². The fraction of sp³-hybridized carbons (Fsp3) is 0.733. The highest BCUT2D eigenvalue weighted by Crippen LogP contribution is 2.21. The molecule has 0 radical (unpaired) electrons. The Labute approximate surface area is 125 Å². The number of thiazole rings is 1. The molecule has 0 bridgehead atoms. The summed E-state index contributed by atoms with van der Waals surface area (Å²) in [5.74, 6) is 0.971. The van der Waals surface area contributed by atoms with Gasteiger partial charge in [0.25, 0.3) is 0 Å². The first kappa shape index (κ1) is 15.4. The van der Waals surface area contributed by atoms with E-state index in [1.54, 1.807) is 0 Å². The van der Waals surface area contributed by atoms with E-state index in [1.165, 1.54) is 24.2 Å². The van der Waals surface area contributed by atoms with Crippen molar-refractivity contribution >= 4 is 22.4 Å². The second-order valence-electron chi connectivity index (χ2n) is 5.90. The number of hydrogen-bond donors (Lipinski definition) is 1. The molecule has 1 aliphatic heterocycles. The first-order valence-corrected chi connectivity index (χ1v) is 8.44. The first-order valence-electron chi connectivity index (χ1n) is 7.56. The highest BCUT2D eigenvalue weighted by atomic mass is 32.1. The van der Waals surface area contributed by atoms with E-state index in [2.05, 4.69) is 27.5 Å². The maximum Gasteiger partial charge on any atom is 0.228 e. The lowest BCUT2D eigenvalue weighted by Crippen LogP contribution is -2.32. The Morgan fingerprint density at radius 2 is 2.25 bits per heavy atom. The summed E-state index contributed by atoms with van der Waals surface area (Å²) in [6, 6.07) is 0. The molecule has 2 heterocycles. The van der Waals surface area contributed by atoms with Crippen LogP contribution in [-0.4, -0.2) is 28.9 Å². The summed E-state index contributed by atoms with van der Waals surface area (Å²) in [5.41, 5.74) is 1.07. The molecule has 4 nitrogen and oxygen atoms in total. The van der Waals surface area contributed by atoms with Crippen LogP contribution in [0, 0.1) is 11.8 Å². The quantitative estimate of drug-likeness (QED) is 0.906. The van der Waals surface area contributed by atoms with Crippen LogP contribution in [0.5, 0.6) is 0 Å². The van der Waals surface area contributed by atoms with E-state index >= 15 is 0 Å². The number of hydrogen-bond acceptors (Lipinski definition) is 4. The van der Waals surface area contributed by atoms with Gasteiger partial charge in [-0.05, 0) is 38.3 Å². The van der Waals surface area contributed by atoms with Crippen LogP contribution in [0.4, 0.5) is 5.13 Å². The molecular formula is C15H25N3OS. The van der Waals surface area contributed by atoms with Crippen molar-refractivity contribution in [3.8, 4) is 0 Å². The van der Waals surface area contributed by atoms with Gasteiger partial charge in [-0.1, -0.05) is 20.8 Å². The molecule has 0 saturated carbocycles. The number of piperidine rings is 1. The number of aromatic nitrogens is 1. The third-order valence-corrected chi connectivity index (χ3v) is 4.91. The number of amides is 1. The van der Waals surface area contributed by atoms with Gasteiger partial charge in [-0.15, -0.1) is 11.3 Å². The number of nitrogens with one attached hydrogen (secondary N) is 1. The van der Waals surface area contributed by atoms with E-state index in [0.717, 1.165) is 42.8 Å². The fourth-order valence-corrected chi connectivity index (χ4v) is 3.00. The van der Waals surface area contributed by atoms with E-state index in [0.29, 0.717) is 0 Å². The SMILES string of the molecule is CCC(C)C(=O)Nc1nc(CN2CCC(C)CC2)cs1. The maximum atomic E-state index is 11.8. The van der Waals surface area contributed by atoms with Gasteiger partial charge in [0.2, 0.25) is 5.91 Å². The summed E-state index contributed by atoms with van der Waals surface area (Å²) < 4.78 is 0. The number of carbonyl (C=O) groups excluding carboxylic acids is 1. The van der Waals surface area contributed by atoms with Gasteiger partial charge in [-0.2, -0.15) is 0 Å². The summed E-state index contributed by atoms with van der Waals surface area (Å²) >= 11 is 1.53. The molecule has 1 aromatic heterocycles. The van der Waals surface area contributed by atoms with Crippen molar-refractivity contribution in [3.63, 3.8) is 0 Å². The van der Waals surface area contributed by atoms with E-state index in [4.69, 9.17) is 0 Å². The average Bonchev–Trinajstić information content (AvgIpc) is 2.87. The lowest BCUT2D eigenvalue weighted by molar-refractivity contribution is -0.119. The molecule has 0 aliphatic carbocycles. The summed E-state index contributed by atoms with van der Waals surface area (Å²) in [6.45, 7) is 9.51. The number of nitrogens with zero attached hydrogens (tertiary/aromatic N) is 2. The number of anilines is 1. The topological polar surface area (TPSA) is 45.2 Å². The predicted molar refractivity (Wildman–Crippen MR) is 83.9 cm³/mol. The van der Waals surface area contributed by atoms with Gasteiger partial charge in [0, 0.05) is 17.8 Å². The Hall–Kier alpha value is -0.940. The van der Waals surface area contributed by atoms with Crippen molar-refractivity contribution < 1.29 is 4.79 Å². The Bertz CT molecular complexity index is 438. The molecule has 1 N–H and O–H groups in total. The molecule has 1 aromatic rings. The second-order valence-corrected chi connectivity index (χ2v) is 6.76. The highest BCUT2D eigenvalue weighted by molar-refractivity contribution is 7.13. The van der Waals surface area contributed by atoms with Crippen LogP contribution in [0.15, 0.2) is 5.38 Å². The zero-order chi connectivity index (χ0) is 14.5. The van der Waals surface area contributed by atoms with E-state index in [-0.39, 0.29) is 11.8 Å². The zero-order valence-electron chi connectivity index (χ0n) is 12.7. The number of carbonyl (C=O) groups is 1. The van der Waals surface area contributed by atoms with Crippen LogP contribution in [0.2, 0.25) is 0 Å².